The second-order valence-corrected chi connectivity index (χ2v) is 7.41. The Morgan fingerprint density at radius 1 is 1.35 bits per heavy atom. The number of nitrogens with zero attached hydrogens (tertiary/aromatic N) is 7. The van der Waals surface area contributed by atoms with Crippen molar-refractivity contribution >= 4 is 11.3 Å². The molecule has 1 atom stereocenters. The molecule has 0 saturated carbocycles. The average Bonchev–Trinajstić information content (AvgIpc) is 3.29. The predicted octanol–water partition coefficient (Wildman–Crippen LogP) is 2.65. The second kappa shape index (κ2) is 7.01. The van der Waals surface area contributed by atoms with Gasteiger partial charge in [0.15, 0.2) is 5.82 Å². The Bertz CT molecular complexity index is 885. The molecule has 138 valence electrons. The SMILES string of the molecule is CCc1cc(N2CCCC(c3nc(CC(C)C)no3)C2)c2nncn2n1. The zero-order chi connectivity index (χ0) is 18.1. The first kappa shape index (κ1) is 16.9. The number of rotatable bonds is 5. The predicted molar refractivity (Wildman–Crippen MR) is 97.2 cm³/mol. The smallest absolute Gasteiger partial charge is 0.231 e. The van der Waals surface area contributed by atoms with Crippen LogP contribution in [0.25, 0.3) is 5.65 Å². The lowest BCUT2D eigenvalue weighted by atomic mass is 9.97. The minimum absolute atomic E-state index is 0.248. The third kappa shape index (κ3) is 3.27. The summed E-state index contributed by atoms with van der Waals surface area (Å²) >= 11 is 0. The van der Waals surface area contributed by atoms with E-state index in [9.17, 15) is 0 Å². The molecule has 1 saturated heterocycles. The maximum absolute atomic E-state index is 5.57. The van der Waals surface area contributed by atoms with Crippen molar-refractivity contribution in [3.05, 3.63) is 29.8 Å². The number of aromatic nitrogens is 6. The number of fused-ring (bicyclic) bond motifs is 1. The van der Waals surface area contributed by atoms with Gasteiger partial charge in [-0.05, 0) is 31.2 Å². The summed E-state index contributed by atoms with van der Waals surface area (Å²) in [4.78, 5) is 6.99. The maximum Gasteiger partial charge on any atom is 0.231 e. The van der Waals surface area contributed by atoms with Crippen molar-refractivity contribution in [2.75, 3.05) is 18.0 Å². The van der Waals surface area contributed by atoms with Gasteiger partial charge in [-0.3, -0.25) is 0 Å². The minimum atomic E-state index is 0.248. The standard InChI is InChI=1S/C18H25N7O/c1-4-14-9-15(17-21-19-11-25(17)22-14)24-7-5-6-13(10-24)18-20-16(23-26-18)8-12(2)3/h9,11-13H,4-8,10H2,1-3H3. The van der Waals surface area contributed by atoms with Crippen molar-refractivity contribution in [1.82, 2.24) is 30.0 Å². The summed E-state index contributed by atoms with van der Waals surface area (Å²) in [5.41, 5.74) is 2.92. The summed E-state index contributed by atoms with van der Waals surface area (Å²) in [7, 11) is 0. The molecule has 4 heterocycles. The molecule has 8 heteroatoms. The van der Waals surface area contributed by atoms with Crippen LogP contribution in [0.5, 0.6) is 0 Å². The van der Waals surface area contributed by atoms with E-state index >= 15 is 0 Å². The summed E-state index contributed by atoms with van der Waals surface area (Å²) < 4.78 is 7.34. The largest absolute Gasteiger partial charge is 0.368 e. The molecule has 1 unspecified atom stereocenters. The number of hydrogen-bond donors (Lipinski definition) is 0. The van der Waals surface area contributed by atoms with Crippen LogP contribution < -0.4 is 4.90 Å². The number of hydrogen-bond acceptors (Lipinski definition) is 7. The monoisotopic (exact) mass is 355 g/mol. The van der Waals surface area contributed by atoms with Gasteiger partial charge >= 0.3 is 0 Å². The van der Waals surface area contributed by atoms with Gasteiger partial charge in [-0.2, -0.15) is 14.6 Å². The van der Waals surface area contributed by atoms with E-state index < -0.39 is 0 Å². The Morgan fingerprint density at radius 2 is 2.23 bits per heavy atom. The van der Waals surface area contributed by atoms with Crippen LogP contribution >= 0.6 is 0 Å². The van der Waals surface area contributed by atoms with Crippen molar-refractivity contribution in [2.45, 2.75) is 52.4 Å². The number of aryl methyl sites for hydroxylation is 1. The number of anilines is 1. The Labute approximate surface area is 152 Å². The first-order valence-corrected chi connectivity index (χ1v) is 9.41. The zero-order valence-corrected chi connectivity index (χ0v) is 15.6. The highest BCUT2D eigenvalue weighted by atomic mass is 16.5. The highest BCUT2D eigenvalue weighted by Crippen LogP contribution is 2.31. The lowest BCUT2D eigenvalue weighted by molar-refractivity contribution is 0.329. The molecule has 26 heavy (non-hydrogen) atoms. The van der Waals surface area contributed by atoms with Crippen LogP contribution in [0, 0.1) is 5.92 Å². The molecule has 3 aromatic heterocycles. The molecule has 0 aromatic carbocycles. The van der Waals surface area contributed by atoms with Crippen LogP contribution in [0.4, 0.5) is 5.69 Å². The fraction of sp³-hybridized carbons (Fsp3) is 0.611. The van der Waals surface area contributed by atoms with Gasteiger partial charge in [-0.15, -0.1) is 10.2 Å². The third-order valence-corrected chi connectivity index (χ3v) is 4.85. The van der Waals surface area contributed by atoms with Crippen molar-refractivity contribution in [1.29, 1.82) is 0 Å². The van der Waals surface area contributed by atoms with E-state index in [4.69, 9.17) is 4.52 Å². The van der Waals surface area contributed by atoms with Gasteiger partial charge in [0.2, 0.25) is 11.5 Å². The molecule has 3 aromatic rings. The van der Waals surface area contributed by atoms with Crippen LogP contribution in [0.15, 0.2) is 16.9 Å². The first-order chi connectivity index (χ1) is 12.6. The average molecular weight is 355 g/mol. The van der Waals surface area contributed by atoms with E-state index in [1.165, 1.54) is 0 Å². The highest BCUT2D eigenvalue weighted by molar-refractivity contribution is 5.68. The number of piperidine rings is 1. The zero-order valence-electron chi connectivity index (χ0n) is 15.6. The minimum Gasteiger partial charge on any atom is -0.368 e. The topological polar surface area (TPSA) is 85.2 Å². The Hall–Kier alpha value is -2.51. The van der Waals surface area contributed by atoms with Gasteiger partial charge in [0.05, 0.1) is 17.3 Å². The van der Waals surface area contributed by atoms with Crippen molar-refractivity contribution in [3.63, 3.8) is 0 Å². The van der Waals surface area contributed by atoms with E-state index in [2.05, 4.69) is 57.2 Å². The summed E-state index contributed by atoms with van der Waals surface area (Å²) in [6, 6.07) is 2.13. The normalized spacial score (nSPS) is 18.2. The van der Waals surface area contributed by atoms with E-state index in [-0.39, 0.29) is 5.92 Å². The fourth-order valence-corrected chi connectivity index (χ4v) is 3.55. The van der Waals surface area contributed by atoms with Gasteiger partial charge in [-0.25, -0.2) is 0 Å². The van der Waals surface area contributed by atoms with Gasteiger partial charge < -0.3 is 9.42 Å². The van der Waals surface area contributed by atoms with Crippen LogP contribution in [0.1, 0.15) is 56.9 Å². The second-order valence-electron chi connectivity index (χ2n) is 7.41. The molecule has 0 radical (unpaired) electrons. The summed E-state index contributed by atoms with van der Waals surface area (Å²) in [5, 5.41) is 17.0. The van der Waals surface area contributed by atoms with E-state index in [1.54, 1.807) is 10.8 Å². The Kier molecular flexibility index (Phi) is 4.57. The highest BCUT2D eigenvalue weighted by Gasteiger charge is 2.28. The third-order valence-electron chi connectivity index (χ3n) is 4.85. The van der Waals surface area contributed by atoms with Gasteiger partial charge in [0.25, 0.3) is 0 Å². The molecular weight excluding hydrogens is 330 g/mol. The van der Waals surface area contributed by atoms with Gasteiger partial charge in [-0.1, -0.05) is 25.9 Å². The summed E-state index contributed by atoms with van der Waals surface area (Å²) in [6.07, 6.45) is 5.53. The molecular formula is C18H25N7O. The molecule has 0 aliphatic carbocycles. The molecule has 0 amide bonds. The van der Waals surface area contributed by atoms with Crippen LogP contribution in [-0.2, 0) is 12.8 Å². The molecule has 0 N–H and O–H groups in total. The maximum atomic E-state index is 5.57. The molecule has 0 spiro atoms. The molecule has 1 fully saturated rings. The van der Waals surface area contributed by atoms with Crippen molar-refractivity contribution < 1.29 is 4.52 Å². The molecule has 1 aliphatic heterocycles. The molecule has 4 rings (SSSR count). The van der Waals surface area contributed by atoms with Crippen LogP contribution in [-0.4, -0.2) is 43.0 Å². The quantitative estimate of drug-likeness (QED) is 0.695. The summed E-state index contributed by atoms with van der Waals surface area (Å²) in [5.74, 6) is 2.34. The van der Waals surface area contributed by atoms with Crippen molar-refractivity contribution in [3.8, 4) is 0 Å². The first-order valence-electron chi connectivity index (χ1n) is 9.41. The molecule has 1 aliphatic rings. The lowest BCUT2D eigenvalue weighted by Crippen LogP contribution is -2.35. The van der Waals surface area contributed by atoms with Crippen LogP contribution in [0.2, 0.25) is 0 Å². The Balaban J connectivity index is 1.59. The van der Waals surface area contributed by atoms with Gasteiger partial charge in [0.1, 0.15) is 6.33 Å². The lowest BCUT2D eigenvalue weighted by Gasteiger charge is -2.32. The summed E-state index contributed by atoms with van der Waals surface area (Å²) in [6.45, 7) is 8.27. The van der Waals surface area contributed by atoms with E-state index in [1.807, 2.05) is 0 Å². The van der Waals surface area contributed by atoms with E-state index in [0.717, 1.165) is 67.5 Å². The van der Waals surface area contributed by atoms with Gasteiger partial charge in [0, 0.05) is 19.5 Å². The Morgan fingerprint density at radius 3 is 3.04 bits per heavy atom. The van der Waals surface area contributed by atoms with E-state index in [0.29, 0.717) is 5.92 Å². The van der Waals surface area contributed by atoms with Crippen molar-refractivity contribution in [2.24, 2.45) is 5.92 Å². The fourth-order valence-electron chi connectivity index (χ4n) is 3.55. The van der Waals surface area contributed by atoms with Crippen LogP contribution in [0.3, 0.4) is 0 Å². The molecule has 0 bridgehead atoms. The molecule has 8 nitrogen and oxygen atoms in total.